The molecular weight excluding hydrogens is 432 g/mol. The lowest BCUT2D eigenvalue weighted by molar-refractivity contribution is -0.114. The molecule has 3 rings (SSSR count). The highest BCUT2D eigenvalue weighted by Gasteiger charge is 2.29. The standard InChI is InChI=1S/C24H25ClN2O3S/c1-16-8-11-20(12-9-16)31(29,30)27(23-7-5-6-21(25)19(23)4)15-24(28)26-22-13-10-17(2)14-18(22)3/h5-14H,15H2,1-4H3,(H,26,28). The third-order valence-electron chi connectivity index (χ3n) is 5.06. The molecule has 7 heteroatoms. The van der Waals surface area contributed by atoms with Crippen LogP contribution in [0.15, 0.2) is 65.6 Å². The summed E-state index contributed by atoms with van der Waals surface area (Å²) in [5.74, 6) is -0.443. The first kappa shape index (κ1) is 22.8. The summed E-state index contributed by atoms with van der Waals surface area (Å²) in [6, 6.07) is 17.2. The molecule has 1 amide bonds. The van der Waals surface area contributed by atoms with Gasteiger partial charge in [0.2, 0.25) is 5.91 Å². The predicted octanol–water partition coefficient (Wildman–Crippen LogP) is 5.41. The van der Waals surface area contributed by atoms with E-state index < -0.39 is 15.9 Å². The van der Waals surface area contributed by atoms with Gasteiger partial charge in [-0.1, -0.05) is 53.1 Å². The van der Waals surface area contributed by atoms with Gasteiger partial charge in [0, 0.05) is 10.7 Å². The van der Waals surface area contributed by atoms with Gasteiger partial charge >= 0.3 is 0 Å². The summed E-state index contributed by atoms with van der Waals surface area (Å²) in [5, 5.41) is 3.25. The van der Waals surface area contributed by atoms with E-state index >= 15 is 0 Å². The van der Waals surface area contributed by atoms with Gasteiger partial charge in [-0.05, 0) is 69.2 Å². The van der Waals surface area contributed by atoms with Crippen molar-refractivity contribution in [1.82, 2.24) is 0 Å². The van der Waals surface area contributed by atoms with Crippen molar-refractivity contribution in [3.63, 3.8) is 0 Å². The maximum Gasteiger partial charge on any atom is 0.264 e. The Morgan fingerprint density at radius 2 is 1.58 bits per heavy atom. The van der Waals surface area contributed by atoms with E-state index in [1.807, 2.05) is 39.0 Å². The third-order valence-corrected chi connectivity index (χ3v) is 7.24. The van der Waals surface area contributed by atoms with Crippen LogP contribution in [0.3, 0.4) is 0 Å². The lowest BCUT2D eigenvalue weighted by atomic mass is 10.1. The van der Waals surface area contributed by atoms with Crippen LogP contribution in [0, 0.1) is 27.7 Å². The number of nitrogens with zero attached hydrogens (tertiary/aromatic N) is 1. The molecule has 0 aliphatic carbocycles. The van der Waals surface area contributed by atoms with Crippen LogP contribution >= 0.6 is 11.6 Å². The fourth-order valence-electron chi connectivity index (χ4n) is 3.28. The molecule has 162 valence electrons. The number of carbonyl (C=O) groups excluding carboxylic acids is 1. The van der Waals surface area contributed by atoms with Crippen molar-refractivity contribution >= 4 is 38.9 Å². The Hall–Kier alpha value is -2.83. The Bertz CT molecular complexity index is 1220. The first-order valence-electron chi connectivity index (χ1n) is 9.81. The fraction of sp³-hybridized carbons (Fsp3) is 0.208. The number of amides is 1. The van der Waals surface area contributed by atoms with Gasteiger partial charge in [-0.2, -0.15) is 0 Å². The molecule has 0 aliphatic heterocycles. The Labute approximate surface area is 188 Å². The molecule has 5 nitrogen and oxygen atoms in total. The number of anilines is 2. The van der Waals surface area contributed by atoms with Crippen LogP contribution in [0.1, 0.15) is 22.3 Å². The quantitative estimate of drug-likeness (QED) is 0.539. The van der Waals surface area contributed by atoms with Crippen LogP contribution in [0.2, 0.25) is 5.02 Å². The van der Waals surface area contributed by atoms with Gasteiger partial charge < -0.3 is 5.32 Å². The topological polar surface area (TPSA) is 66.5 Å². The van der Waals surface area contributed by atoms with Crippen molar-refractivity contribution in [2.45, 2.75) is 32.6 Å². The molecule has 0 spiro atoms. The highest BCUT2D eigenvalue weighted by atomic mass is 35.5. The van der Waals surface area contributed by atoms with E-state index in [0.29, 0.717) is 22.0 Å². The van der Waals surface area contributed by atoms with Crippen molar-refractivity contribution in [2.24, 2.45) is 0 Å². The van der Waals surface area contributed by atoms with Gasteiger partial charge in [-0.3, -0.25) is 9.10 Å². The second kappa shape index (κ2) is 9.12. The zero-order valence-corrected chi connectivity index (χ0v) is 19.5. The van der Waals surface area contributed by atoms with E-state index in [-0.39, 0.29) is 11.4 Å². The monoisotopic (exact) mass is 456 g/mol. The first-order chi connectivity index (χ1) is 14.6. The van der Waals surface area contributed by atoms with Gasteiger partial charge in [0.25, 0.3) is 10.0 Å². The van der Waals surface area contributed by atoms with Gasteiger partial charge in [0.15, 0.2) is 0 Å². The molecule has 1 N–H and O–H groups in total. The molecule has 3 aromatic rings. The van der Waals surface area contributed by atoms with Crippen LogP contribution < -0.4 is 9.62 Å². The molecule has 0 atom stereocenters. The Morgan fingerprint density at radius 3 is 2.23 bits per heavy atom. The summed E-state index contributed by atoms with van der Waals surface area (Å²) in [5.41, 5.74) is 4.51. The molecule has 31 heavy (non-hydrogen) atoms. The number of hydrogen-bond acceptors (Lipinski definition) is 3. The van der Waals surface area contributed by atoms with E-state index in [1.54, 1.807) is 49.4 Å². The van der Waals surface area contributed by atoms with Crippen LogP contribution in [0.5, 0.6) is 0 Å². The SMILES string of the molecule is Cc1ccc(S(=O)(=O)N(CC(=O)Nc2ccc(C)cc2C)c2cccc(Cl)c2C)cc1. The Kier molecular flexibility index (Phi) is 6.72. The molecule has 0 aromatic heterocycles. The van der Waals surface area contributed by atoms with E-state index in [0.717, 1.165) is 21.0 Å². The zero-order valence-electron chi connectivity index (χ0n) is 17.9. The van der Waals surface area contributed by atoms with E-state index in [2.05, 4.69) is 5.32 Å². The van der Waals surface area contributed by atoms with Gasteiger partial charge in [0.05, 0.1) is 10.6 Å². The highest BCUT2D eigenvalue weighted by Crippen LogP contribution is 2.31. The lowest BCUT2D eigenvalue weighted by Gasteiger charge is -2.26. The number of halogens is 1. The summed E-state index contributed by atoms with van der Waals surface area (Å²) in [7, 11) is -4.00. The summed E-state index contributed by atoms with van der Waals surface area (Å²) >= 11 is 6.25. The predicted molar refractivity (Wildman–Crippen MR) is 126 cm³/mol. The zero-order chi connectivity index (χ0) is 22.8. The Morgan fingerprint density at radius 1 is 0.935 bits per heavy atom. The van der Waals surface area contributed by atoms with Crippen molar-refractivity contribution in [2.75, 3.05) is 16.2 Å². The molecule has 0 aliphatic rings. The number of nitrogens with one attached hydrogen (secondary N) is 1. The smallest absolute Gasteiger partial charge is 0.264 e. The molecule has 0 radical (unpaired) electrons. The average molecular weight is 457 g/mol. The van der Waals surface area contributed by atoms with Crippen molar-refractivity contribution < 1.29 is 13.2 Å². The van der Waals surface area contributed by atoms with E-state index in [9.17, 15) is 13.2 Å². The van der Waals surface area contributed by atoms with Gasteiger partial charge in [0.1, 0.15) is 6.54 Å². The molecule has 3 aromatic carbocycles. The molecule has 0 heterocycles. The third kappa shape index (κ3) is 5.09. The van der Waals surface area contributed by atoms with Crippen molar-refractivity contribution in [3.8, 4) is 0 Å². The van der Waals surface area contributed by atoms with Crippen LogP contribution in [-0.2, 0) is 14.8 Å². The Balaban J connectivity index is 2.00. The first-order valence-corrected chi connectivity index (χ1v) is 11.6. The van der Waals surface area contributed by atoms with Crippen molar-refractivity contribution in [1.29, 1.82) is 0 Å². The number of sulfonamides is 1. The second-order valence-corrected chi connectivity index (χ2v) is 9.84. The average Bonchev–Trinajstić information content (AvgIpc) is 2.71. The van der Waals surface area contributed by atoms with Crippen molar-refractivity contribution in [3.05, 3.63) is 87.9 Å². The number of benzene rings is 3. The highest BCUT2D eigenvalue weighted by molar-refractivity contribution is 7.92. The van der Waals surface area contributed by atoms with Crippen LogP contribution in [0.25, 0.3) is 0 Å². The molecule has 0 saturated heterocycles. The van der Waals surface area contributed by atoms with E-state index in [1.165, 1.54) is 0 Å². The molecule has 0 saturated carbocycles. The fourth-order valence-corrected chi connectivity index (χ4v) is 4.93. The van der Waals surface area contributed by atoms with Gasteiger partial charge in [-0.25, -0.2) is 8.42 Å². The van der Waals surface area contributed by atoms with Gasteiger partial charge in [-0.15, -0.1) is 0 Å². The maximum absolute atomic E-state index is 13.5. The molecule has 0 unspecified atom stereocenters. The van der Waals surface area contributed by atoms with Crippen LogP contribution in [0.4, 0.5) is 11.4 Å². The summed E-state index contributed by atoms with van der Waals surface area (Å²) < 4.78 is 28.1. The minimum Gasteiger partial charge on any atom is -0.324 e. The minimum absolute atomic E-state index is 0.108. The van der Waals surface area contributed by atoms with Crippen LogP contribution in [-0.4, -0.2) is 20.9 Å². The maximum atomic E-state index is 13.5. The largest absolute Gasteiger partial charge is 0.324 e. The van der Waals surface area contributed by atoms with E-state index in [4.69, 9.17) is 11.6 Å². The lowest BCUT2D eigenvalue weighted by Crippen LogP contribution is -2.38. The number of aryl methyl sites for hydroxylation is 3. The number of rotatable bonds is 6. The normalized spacial score (nSPS) is 11.3. The molecule has 0 bridgehead atoms. The number of hydrogen-bond donors (Lipinski definition) is 1. The summed E-state index contributed by atoms with van der Waals surface area (Å²) in [6.45, 7) is 7.09. The minimum atomic E-state index is -4.00. The molecule has 0 fully saturated rings. The second-order valence-electron chi connectivity index (χ2n) is 7.58. The molecular formula is C24H25ClN2O3S. The summed E-state index contributed by atoms with van der Waals surface area (Å²) in [6.07, 6.45) is 0. The number of carbonyl (C=O) groups is 1. The summed E-state index contributed by atoms with van der Waals surface area (Å²) in [4.78, 5) is 13.0.